The summed E-state index contributed by atoms with van der Waals surface area (Å²) in [6.45, 7) is 0. The van der Waals surface area contributed by atoms with Crippen LogP contribution in [0.4, 0.5) is 13.2 Å². The topological polar surface area (TPSA) is 26.5 Å². The SMILES string of the molecule is FC(F)(F)Oc1ccc2c(c1)sc1nc3c(n12)CCCC3. The van der Waals surface area contributed by atoms with E-state index in [4.69, 9.17) is 0 Å². The van der Waals surface area contributed by atoms with Crippen LogP contribution in [-0.4, -0.2) is 15.7 Å². The molecule has 2 heterocycles. The number of hydrogen-bond donors (Lipinski definition) is 0. The zero-order valence-corrected chi connectivity index (χ0v) is 11.7. The van der Waals surface area contributed by atoms with E-state index in [2.05, 4.69) is 14.1 Å². The van der Waals surface area contributed by atoms with E-state index in [-0.39, 0.29) is 5.75 Å². The molecule has 0 N–H and O–H groups in total. The van der Waals surface area contributed by atoms with Crippen molar-refractivity contribution in [3.63, 3.8) is 0 Å². The molecule has 0 saturated heterocycles. The van der Waals surface area contributed by atoms with Crippen LogP contribution >= 0.6 is 11.3 Å². The monoisotopic (exact) mass is 312 g/mol. The highest BCUT2D eigenvalue weighted by molar-refractivity contribution is 7.23. The van der Waals surface area contributed by atoms with Gasteiger partial charge in [0.1, 0.15) is 5.75 Å². The first-order valence-electron chi connectivity index (χ1n) is 6.70. The molecule has 1 aromatic carbocycles. The molecule has 0 aliphatic heterocycles. The minimum absolute atomic E-state index is 0.187. The van der Waals surface area contributed by atoms with Crippen molar-refractivity contribution in [3.8, 4) is 5.75 Å². The van der Waals surface area contributed by atoms with Gasteiger partial charge in [-0.1, -0.05) is 11.3 Å². The quantitative estimate of drug-likeness (QED) is 0.669. The van der Waals surface area contributed by atoms with Crippen molar-refractivity contribution in [2.45, 2.75) is 32.0 Å². The maximum atomic E-state index is 12.3. The number of nitrogens with zero attached hydrogens (tertiary/aromatic N) is 2. The minimum Gasteiger partial charge on any atom is -0.406 e. The fourth-order valence-corrected chi connectivity index (χ4v) is 3.98. The standard InChI is InChI=1S/C14H11F3N2OS/c15-14(16,17)20-8-5-6-11-12(7-8)21-13-18-9-3-1-2-4-10(9)19(11)13/h5-7H,1-4H2. The lowest BCUT2D eigenvalue weighted by atomic mass is 10.0. The number of rotatable bonds is 1. The van der Waals surface area contributed by atoms with Gasteiger partial charge in [0, 0.05) is 5.69 Å². The van der Waals surface area contributed by atoms with E-state index in [0.29, 0.717) is 0 Å². The first-order valence-corrected chi connectivity index (χ1v) is 7.51. The third kappa shape index (κ3) is 2.16. The maximum Gasteiger partial charge on any atom is 0.573 e. The molecule has 0 unspecified atom stereocenters. The van der Waals surface area contributed by atoms with E-state index in [1.54, 1.807) is 6.07 Å². The molecule has 0 spiro atoms. The number of halogens is 3. The minimum atomic E-state index is -4.66. The molecule has 0 radical (unpaired) electrons. The van der Waals surface area contributed by atoms with Crippen LogP contribution in [0.25, 0.3) is 15.2 Å². The highest BCUT2D eigenvalue weighted by atomic mass is 32.1. The summed E-state index contributed by atoms with van der Waals surface area (Å²) in [5.74, 6) is -0.187. The van der Waals surface area contributed by atoms with Gasteiger partial charge in [-0.3, -0.25) is 4.40 Å². The average molecular weight is 312 g/mol. The molecule has 0 fully saturated rings. The van der Waals surface area contributed by atoms with Gasteiger partial charge >= 0.3 is 6.36 Å². The van der Waals surface area contributed by atoms with E-state index in [1.165, 1.54) is 29.2 Å². The second-order valence-corrected chi connectivity index (χ2v) is 6.12. The number of benzene rings is 1. The van der Waals surface area contributed by atoms with Crippen molar-refractivity contribution in [2.24, 2.45) is 0 Å². The Labute approximate surface area is 122 Å². The fourth-order valence-electron chi connectivity index (χ4n) is 2.89. The van der Waals surface area contributed by atoms with Crippen molar-refractivity contribution in [2.75, 3.05) is 0 Å². The van der Waals surface area contributed by atoms with Crippen LogP contribution < -0.4 is 4.74 Å². The van der Waals surface area contributed by atoms with Gasteiger partial charge in [0.2, 0.25) is 0 Å². The molecule has 21 heavy (non-hydrogen) atoms. The lowest BCUT2D eigenvalue weighted by Gasteiger charge is -2.11. The summed E-state index contributed by atoms with van der Waals surface area (Å²) in [5, 5.41) is 0. The number of fused-ring (bicyclic) bond motifs is 5. The molecular formula is C14H11F3N2OS. The van der Waals surface area contributed by atoms with Gasteiger partial charge in [0.15, 0.2) is 4.96 Å². The number of hydrogen-bond acceptors (Lipinski definition) is 3. The lowest BCUT2D eigenvalue weighted by molar-refractivity contribution is -0.274. The lowest BCUT2D eigenvalue weighted by Crippen LogP contribution is -2.16. The highest BCUT2D eigenvalue weighted by Crippen LogP contribution is 2.35. The van der Waals surface area contributed by atoms with Crippen LogP contribution in [-0.2, 0) is 12.8 Å². The third-order valence-electron chi connectivity index (χ3n) is 3.71. The Kier molecular flexibility index (Phi) is 2.69. The molecule has 4 rings (SSSR count). The van der Waals surface area contributed by atoms with E-state index in [0.717, 1.165) is 46.6 Å². The molecule has 0 atom stereocenters. The summed E-state index contributed by atoms with van der Waals surface area (Å²) in [6.07, 6.45) is -0.416. The summed E-state index contributed by atoms with van der Waals surface area (Å²) >= 11 is 1.40. The molecule has 0 amide bonds. The zero-order valence-electron chi connectivity index (χ0n) is 10.9. The van der Waals surface area contributed by atoms with E-state index in [1.807, 2.05) is 0 Å². The zero-order chi connectivity index (χ0) is 14.6. The number of thiazole rings is 1. The van der Waals surface area contributed by atoms with E-state index >= 15 is 0 Å². The third-order valence-corrected chi connectivity index (χ3v) is 4.71. The van der Waals surface area contributed by atoms with Gasteiger partial charge in [-0.05, 0) is 43.9 Å². The number of imidazole rings is 1. The van der Waals surface area contributed by atoms with Gasteiger partial charge in [-0.2, -0.15) is 0 Å². The van der Waals surface area contributed by atoms with Crippen molar-refractivity contribution in [3.05, 3.63) is 29.6 Å². The Balaban J connectivity index is 1.87. The maximum absolute atomic E-state index is 12.3. The molecule has 0 bridgehead atoms. The van der Waals surface area contributed by atoms with Gasteiger partial charge in [0.05, 0.1) is 15.9 Å². The van der Waals surface area contributed by atoms with Gasteiger partial charge in [0.25, 0.3) is 0 Å². The second kappa shape index (κ2) is 4.37. The number of alkyl halides is 3. The Hall–Kier alpha value is -1.76. The van der Waals surface area contributed by atoms with Crippen LogP contribution in [0, 0.1) is 0 Å². The predicted molar refractivity (Wildman–Crippen MR) is 73.9 cm³/mol. The Morgan fingerprint density at radius 3 is 2.81 bits per heavy atom. The highest BCUT2D eigenvalue weighted by Gasteiger charge is 2.31. The Morgan fingerprint density at radius 1 is 1.19 bits per heavy atom. The molecule has 110 valence electrons. The second-order valence-electron chi connectivity index (χ2n) is 5.11. The smallest absolute Gasteiger partial charge is 0.406 e. The van der Waals surface area contributed by atoms with Crippen LogP contribution in [0.1, 0.15) is 24.2 Å². The van der Waals surface area contributed by atoms with Crippen LogP contribution in [0.5, 0.6) is 5.75 Å². The molecular weight excluding hydrogens is 301 g/mol. The van der Waals surface area contributed by atoms with Gasteiger partial charge in [-0.25, -0.2) is 4.98 Å². The van der Waals surface area contributed by atoms with Crippen LogP contribution in [0.3, 0.4) is 0 Å². The molecule has 3 aromatic rings. The first-order chi connectivity index (χ1) is 10.0. The van der Waals surface area contributed by atoms with Crippen molar-refractivity contribution in [1.29, 1.82) is 0 Å². The largest absolute Gasteiger partial charge is 0.573 e. The molecule has 3 nitrogen and oxygen atoms in total. The number of aryl methyl sites for hydroxylation is 2. The van der Waals surface area contributed by atoms with Crippen molar-refractivity contribution in [1.82, 2.24) is 9.38 Å². The molecule has 0 saturated carbocycles. The summed E-state index contributed by atoms with van der Waals surface area (Å²) in [7, 11) is 0. The van der Waals surface area contributed by atoms with E-state index in [9.17, 15) is 13.2 Å². The number of ether oxygens (including phenoxy) is 1. The summed E-state index contributed by atoms with van der Waals surface area (Å²) in [5.41, 5.74) is 3.23. The Morgan fingerprint density at radius 2 is 2.00 bits per heavy atom. The summed E-state index contributed by atoms with van der Waals surface area (Å²) in [4.78, 5) is 5.46. The van der Waals surface area contributed by atoms with Gasteiger partial charge in [-0.15, -0.1) is 13.2 Å². The fraction of sp³-hybridized carbons (Fsp3) is 0.357. The van der Waals surface area contributed by atoms with Crippen molar-refractivity contribution < 1.29 is 17.9 Å². The normalized spacial score (nSPS) is 15.6. The van der Waals surface area contributed by atoms with E-state index < -0.39 is 6.36 Å². The Bertz CT molecular complexity index is 834. The summed E-state index contributed by atoms with van der Waals surface area (Å²) < 4.78 is 43.6. The van der Waals surface area contributed by atoms with Crippen LogP contribution in [0.2, 0.25) is 0 Å². The summed E-state index contributed by atoms with van der Waals surface area (Å²) in [6, 6.07) is 4.46. The number of aromatic nitrogens is 2. The predicted octanol–water partition coefficient (Wildman–Crippen LogP) is 4.33. The van der Waals surface area contributed by atoms with Crippen LogP contribution in [0.15, 0.2) is 18.2 Å². The molecule has 1 aliphatic rings. The average Bonchev–Trinajstić information content (AvgIpc) is 2.91. The van der Waals surface area contributed by atoms with Crippen molar-refractivity contribution >= 4 is 26.5 Å². The molecule has 1 aliphatic carbocycles. The first kappa shape index (κ1) is 12.9. The van der Waals surface area contributed by atoms with Gasteiger partial charge < -0.3 is 4.74 Å². The molecule has 2 aromatic heterocycles. The molecule has 7 heteroatoms.